The minimum atomic E-state index is -1.31. The number of aromatic nitrogens is 3. The zero-order valence-electron chi connectivity index (χ0n) is 15.4. The molecule has 3 heterocycles. The highest BCUT2D eigenvalue weighted by Gasteiger charge is 2.32. The SMILES string of the molecule is CN1CCN(c2c(F)c3c(c(=O)c(C(=O)O)cn3C3CC3)c3nc[nH]c23)CC1. The van der Waals surface area contributed by atoms with Crippen molar-refractivity contribution in [1.82, 2.24) is 19.4 Å². The standard InChI is InChI=1S/C19H20FN5O3/c1-23-4-6-24(7-5-23)17-13(20)16-12(14-15(17)22-9-21-14)18(26)11(19(27)28)8-25(16)10-2-3-10/h8-10H,2-7H2,1H3,(H,21,22)(H,27,28). The van der Waals surface area contributed by atoms with Crippen LogP contribution in [0.15, 0.2) is 17.3 Å². The van der Waals surface area contributed by atoms with Crippen molar-refractivity contribution >= 4 is 33.6 Å². The lowest BCUT2D eigenvalue weighted by Crippen LogP contribution is -2.45. The van der Waals surface area contributed by atoms with Crippen molar-refractivity contribution in [3.8, 4) is 0 Å². The van der Waals surface area contributed by atoms with E-state index in [0.717, 1.165) is 25.9 Å². The Morgan fingerprint density at radius 3 is 2.64 bits per heavy atom. The first-order chi connectivity index (χ1) is 13.5. The first kappa shape index (κ1) is 17.2. The number of anilines is 1. The van der Waals surface area contributed by atoms with E-state index in [4.69, 9.17) is 0 Å². The van der Waals surface area contributed by atoms with Crippen molar-refractivity contribution < 1.29 is 14.3 Å². The number of likely N-dealkylation sites (N-methyl/N-ethyl adjacent to an activating group) is 1. The molecule has 1 saturated carbocycles. The maximum Gasteiger partial charge on any atom is 0.341 e. The van der Waals surface area contributed by atoms with Gasteiger partial charge in [0.25, 0.3) is 0 Å². The van der Waals surface area contributed by atoms with Crippen LogP contribution in [0.2, 0.25) is 0 Å². The van der Waals surface area contributed by atoms with Gasteiger partial charge in [-0.1, -0.05) is 0 Å². The fraction of sp³-hybridized carbons (Fsp3) is 0.421. The van der Waals surface area contributed by atoms with Crippen molar-refractivity contribution in [2.75, 3.05) is 38.1 Å². The Hall–Kier alpha value is -2.94. The van der Waals surface area contributed by atoms with Gasteiger partial charge in [0, 0.05) is 38.4 Å². The number of nitrogens with zero attached hydrogens (tertiary/aromatic N) is 4. The smallest absolute Gasteiger partial charge is 0.341 e. The summed E-state index contributed by atoms with van der Waals surface area (Å²) in [5, 5.41) is 9.52. The number of nitrogens with one attached hydrogen (secondary N) is 1. The zero-order valence-corrected chi connectivity index (χ0v) is 15.4. The van der Waals surface area contributed by atoms with Crippen LogP contribution in [0.25, 0.3) is 21.9 Å². The van der Waals surface area contributed by atoms with E-state index in [1.807, 2.05) is 11.9 Å². The molecule has 0 atom stereocenters. The van der Waals surface area contributed by atoms with Gasteiger partial charge < -0.3 is 24.5 Å². The van der Waals surface area contributed by atoms with E-state index in [9.17, 15) is 14.7 Å². The third-order valence-electron chi connectivity index (χ3n) is 5.75. The van der Waals surface area contributed by atoms with Crippen LogP contribution < -0.4 is 10.3 Å². The summed E-state index contributed by atoms with van der Waals surface area (Å²) in [4.78, 5) is 35.9. The van der Waals surface area contributed by atoms with E-state index in [1.165, 1.54) is 12.5 Å². The number of hydrogen-bond donors (Lipinski definition) is 2. The number of halogens is 1. The molecule has 0 unspecified atom stereocenters. The lowest BCUT2D eigenvalue weighted by molar-refractivity contribution is 0.0695. The van der Waals surface area contributed by atoms with Crippen LogP contribution in [0.3, 0.4) is 0 Å². The highest BCUT2D eigenvalue weighted by atomic mass is 19.1. The van der Waals surface area contributed by atoms with Gasteiger partial charge in [-0.25, -0.2) is 14.2 Å². The molecule has 8 nitrogen and oxygen atoms in total. The summed E-state index contributed by atoms with van der Waals surface area (Å²) in [6.07, 6.45) is 4.38. The van der Waals surface area contributed by atoms with Gasteiger partial charge in [0.15, 0.2) is 5.82 Å². The predicted molar refractivity (Wildman–Crippen MR) is 103 cm³/mol. The number of carboxylic acid groups (broad SMARTS) is 1. The van der Waals surface area contributed by atoms with Crippen molar-refractivity contribution in [3.05, 3.63) is 34.1 Å². The van der Waals surface area contributed by atoms with Crippen LogP contribution in [0, 0.1) is 5.82 Å². The second kappa shape index (κ2) is 6.03. The van der Waals surface area contributed by atoms with Crippen LogP contribution >= 0.6 is 0 Å². The van der Waals surface area contributed by atoms with Crippen LogP contribution in [0.5, 0.6) is 0 Å². The Kier molecular flexibility index (Phi) is 3.70. The molecule has 146 valence electrons. The molecule has 0 amide bonds. The van der Waals surface area contributed by atoms with E-state index in [-0.39, 0.29) is 22.5 Å². The monoisotopic (exact) mass is 385 g/mol. The number of pyridine rings is 1. The summed E-state index contributed by atoms with van der Waals surface area (Å²) in [6, 6.07) is 0.00688. The number of piperazine rings is 1. The summed E-state index contributed by atoms with van der Waals surface area (Å²) in [7, 11) is 2.03. The maximum atomic E-state index is 15.9. The normalized spacial score (nSPS) is 18.3. The molecule has 5 rings (SSSR count). The third kappa shape index (κ3) is 2.42. The molecule has 0 bridgehead atoms. The Morgan fingerprint density at radius 2 is 2.00 bits per heavy atom. The summed E-state index contributed by atoms with van der Waals surface area (Å²) < 4.78 is 17.5. The second-order valence-electron chi connectivity index (χ2n) is 7.62. The van der Waals surface area contributed by atoms with Gasteiger partial charge in [0.05, 0.1) is 22.7 Å². The first-order valence-electron chi connectivity index (χ1n) is 9.37. The number of imidazole rings is 1. The average Bonchev–Trinajstić information content (AvgIpc) is 3.40. The number of H-pyrrole nitrogens is 1. The van der Waals surface area contributed by atoms with E-state index in [0.29, 0.717) is 29.8 Å². The van der Waals surface area contributed by atoms with Crippen LogP contribution in [0.4, 0.5) is 10.1 Å². The summed E-state index contributed by atoms with van der Waals surface area (Å²) >= 11 is 0. The topological polar surface area (TPSA) is 94.5 Å². The van der Waals surface area contributed by atoms with Gasteiger partial charge in [-0.2, -0.15) is 0 Å². The molecule has 3 aromatic rings. The third-order valence-corrected chi connectivity index (χ3v) is 5.75. The maximum absolute atomic E-state index is 15.9. The summed E-state index contributed by atoms with van der Waals surface area (Å²) in [5.41, 5.74) is 0.288. The molecule has 2 aliphatic rings. The van der Waals surface area contributed by atoms with Gasteiger partial charge in [0.1, 0.15) is 16.8 Å². The molecule has 28 heavy (non-hydrogen) atoms. The fourth-order valence-electron chi connectivity index (χ4n) is 4.08. The Morgan fingerprint density at radius 1 is 1.29 bits per heavy atom. The molecule has 1 aromatic carbocycles. The second-order valence-corrected chi connectivity index (χ2v) is 7.62. The van der Waals surface area contributed by atoms with Gasteiger partial charge in [0.2, 0.25) is 5.43 Å². The van der Waals surface area contributed by atoms with E-state index >= 15 is 4.39 Å². The Bertz CT molecular complexity index is 1170. The molecule has 1 aliphatic carbocycles. The molecule has 2 aromatic heterocycles. The lowest BCUT2D eigenvalue weighted by atomic mass is 10.1. The van der Waals surface area contributed by atoms with E-state index < -0.39 is 17.2 Å². The summed E-state index contributed by atoms with van der Waals surface area (Å²) in [5.74, 6) is -1.80. The van der Waals surface area contributed by atoms with Crippen molar-refractivity contribution in [3.63, 3.8) is 0 Å². The fourth-order valence-corrected chi connectivity index (χ4v) is 4.08. The number of fused-ring (bicyclic) bond motifs is 3. The Balaban J connectivity index is 1.88. The van der Waals surface area contributed by atoms with Gasteiger partial charge in [-0.05, 0) is 19.9 Å². The van der Waals surface area contributed by atoms with E-state index in [2.05, 4.69) is 14.9 Å². The minimum absolute atomic E-state index is 0.00688. The molecule has 0 radical (unpaired) electrons. The number of aromatic carboxylic acids is 1. The van der Waals surface area contributed by atoms with Gasteiger partial charge in [-0.15, -0.1) is 0 Å². The number of hydrogen-bond acceptors (Lipinski definition) is 5. The zero-order chi connectivity index (χ0) is 19.6. The molecular formula is C19H20FN5O3. The predicted octanol–water partition coefficient (Wildman–Crippen LogP) is 1.80. The number of rotatable bonds is 3. The number of benzene rings is 1. The van der Waals surface area contributed by atoms with Gasteiger partial charge >= 0.3 is 5.97 Å². The van der Waals surface area contributed by atoms with Crippen LogP contribution in [-0.4, -0.2) is 63.7 Å². The average molecular weight is 385 g/mol. The Labute approximate surface area is 159 Å². The molecule has 0 spiro atoms. The highest BCUT2D eigenvalue weighted by molar-refractivity contribution is 6.10. The molecule has 1 saturated heterocycles. The lowest BCUT2D eigenvalue weighted by Gasteiger charge is -2.34. The quantitative estimate of drug-likeness (QED) is 0.714. The van der Waals surface area contributed by atoms with Crippen LogP contribution in [0.1, 0.15) is 29.2 Å². The van der Waals surface area contributed by atoms with Crippen molar-refractivity contribution in [1.29, 1.82) is 0 Å². The van der Waals surface area contributed by atoms with E-state index in [1.54, 1.807) is 4.57 Å². The van der Waals surface area contributed by atoms with Gasteiger partial charge in [-0.3, -0.25) is 4.79 Å². The molecular weight excluding hydrogens is 365 g/mol. The number of carboxylic acids is 1. The highest BCUT2D eigenvalue weighted by Crippen LogP contribution is 2.41. The molecule has 1 aliphatic heterocycles. The molecule has 9 heteroatoms. The summed E-state index contributed by atoms with van der Waals surface area (Å²) in [6.45, 7) is 2.93. The molecule has 2 fully saturated rings. The van der Waals surface area contributed by atoms with Crippen LogP contribution in [-0.2, 0) is 0 Å². The number of carbonyl (C=O) groups is 1. The minimum Gasteiger partial charge on any atom is -0.477 e. The van der Waals surface area contributed by atoms with Crippen molar-refractivity contribution in [2.24, 2.45) is 0 Å². The first-order valence-corrected chi connectivity index (χ1v) is 9.37. The molecule has 2 N–H and O–H groups in total. The van der Waals surface area contributed by atoms with Crippen molar-refractivity contribution in [2.45, 2.75) is 18.9 Å². The number of aromatic amines is 1. The largest absolute Gasteiger partial charge is 0.477 e.